The second-order valence-corrected chi connectivity index (χ2v) is 8.36. The van der Waals surface area contributed by atoms with Crippen LogP contribution in [0.15, 0.2) is 45.8 Å². The summed E-state index contributed by atoms with van der Waals surface area (Å²) in [5.41, 5.74) is 1.23. The predicted octanol–water partition coefficient (Wildman–Crippen LogP) is 4.78. The van der Waals surface area contributed by atoms with Gasteiger partial charge in [0.1, 0.15) is 19.0 Å². The first kappa shape index (κ1) is 23.8. The van der Waals surface area contributed by atoms with Gasteiger partial charge in [0.15, 0.2) is 11.5 Å². The zero-order valence-corrected chi connectivity index (χ0v) is 19.6. The van der Waals surface area contributed by atoms with Gasteiger partial charge in [-0.1, -0.05) is 28.1 Å². The Morgan fingerprint density at radius 1 is 1.22 bits per heavy atom. The Labute approximate surface area is 196 Å². The highest BCUT2D eigenvalue weighted by atomic mass is 79.9. The molecule has 1 saturated heterocycles. The lowest BCUT2D eigenvalue weighted by atomic mass is 10.1. The number of rotatable bonds is 8. The molecule has 2 aromatic carbocycles. The van der Waals surface area contributed by atoms with Crippen LogP contribution in [-0.4, -0.2) is 42.3 Å². The molecule has 0 N–H and O–H groups in total. The van der Waals surface area contributed by atoms with Gasteiger partial charge in [0.05, 0.1) is 18.6 Å². The van der Waals surface area contributed by atoms with Crippen LogP contribution in [0, 0.1) is 5.82 Å². The lowest BCUT2D eigenvalue weighted by Crippen LogP contribution is -2.34. The second kappa shape index (κ2) is 10.6. The first-order valence-electron chi connectivity index (χ1n) is 9.48. The molecule has 0 aromatic heterocycles. The largest absolute Gasteiger partial charge is 0.493 e. The second-order valence-electron chi connectivity index (χ2n) is 6.52. The zero-order valence-electron chi connectivity index (χ0n) is 17.2. The number of carbonyl (C=O) groups excluding carboxylic acids is 3. The standard InChI is InChI=1S/C22H19BrFNO6S/c1-3-30-20(26)11-25-21(27)19(32-22(25)28)9-14-8-17(29-2)18(10-16(14)23)31-12-13-5-4-6-15(24)7-13/h4-10H,3,11-12H2,1-2H3/b19-9+. The number of halogens is 2. The molecule has 0 saturated carbocycles. The minimum Gasteiger partial charge on any atom is -0.493 e. The highest BCUT2D eigenvalue weighted by Gasteiger charge is 2.36. The molecule has 2 aromatic rings. The van der Waals surface area contributed by atoms with Crippen LogP contribution in [0.2, 0.25) is 0 Å². The van der Waals surface area contributed by atoms with Gasteiger partial charge in [-0.05, 0) is 60.2 Å². The fraction of sp³-hybridized carbons (Fsp3) is 0.227. The molecule has 0 radical (unpaired) electrons. The lowest BCUT2D eigenvalue weighted by molar-refractivity contribution is -0.145. The van der Waals surface area contributed by atoms with Gasteiger partial charge < -0.3 is 14.2 Å². The Morgan fingerprint density at radius 3 is 2.69 bits per heavy atom. The molecule has 1 heterocycles. The van der Waals surface area contributed by atoms with E-state index >= 15 is 0 Å². The van der Waals surface area contributed by atoms with Gasteiger partial charge in [0.2, 0.25) is 0 Å². The van der Waals surface area contributed by atoms with Crippen molar-refractivity contribution in [2.75, 3.05) is 20.3 Å². The monoisotopic (exact) mass is 523 g/mol. The van der Waals surface area contributed by atoms with Gasteiger partial charge >= 0.3 is 5.97 Å². The van der Waals surface area contributed by atoms with E-state index in [4.69, 9.17) is 14.2 Å². The Hall–Kier alpha value is -2.85. The van der Waals surface area contributed by atoms with Crippen molar-refractivity contribution >= 4 is 50.9 Å². The summed E-state index contributed by atoms with van der Waals surface area (Å²) >= 11 is 4.17. The molecule has 2 amide bonds. The quantitative estimate of drug-likeness (QED) is 0.363. The van der Waals surface area contributed by atoms with E-state index in [2.05, 4.69) is 15.9 Å². The molecule has 3 rings (SSSR count). The number of amides is 2. The molecule has 1 aliphatic rings. The fourth-order valence-electron chi connectivity index (χ4n) is 2.83. The van der Waals surface area contributed by atoms with Gasteiger partial charge in [-0.2, -0.15) is 0 Å². The van der Waals surface area contributed by atoms with Gasteiger partial charge in [-0.25, -0.2) is 4.39 Å². The summed E-state index contributed by atoms with van der Waals surface area (Å²) in [6.07, 6.45) is 1.53. The Bertz CT molecular complexity index is 1090. The van der Waals surface area contributed by atoms with Gasteiger partial charge in [0.25, 0.3) is 11.1 Å². The first-order valence-corrected chi connectivity index (χ1v) is 11.1. The van der Waals surface area contributed by atoms with Crippen LogP contribution < -0.4 is 9.47 Å². The summed E-state index contributed by atoms with van der Waals surface area (Å²) in [7, 11) is 1.47. The molecule has 0 bridgehead atoms. The molecule has 1 fully saturated rings. The van der Waals surface area contributed by atoms with E-state index in [1.165, 1.54) is 25.3 Å². The molecule has 0 unspecified atom stereocenters. The SMILES string of the molecule is CCOC(=O)CN1C(=O)S/C(=C/c2cc(OC)c(OCc3cccc(F)c3)cc2Br)C1=O. The van der Waals surface area contributed by atoms with Crippen LogP contribution in [0.1, 0.15) is 18.1 Å². The predicted molar refractivity (Wildman–Crippen MR) is 121 cm³/mol. The summed E-state index contributed by atoms with van der Waals surface area (Å²) in [6, 6.07) is 9.37. The van der Waals surface area contributed by atoms with Crippen LogP contribution in [0.25, 0.3) is 6.08 Å². The molecule has 0 spiro atoms. The normalized spacial score (nSPS) is 14.8. The Morgan fingerprint density at radius 2 is 2.00 bits per heavy atom. The number of carbonyl (C=O) groups is 3. The minimum absolute atomic E-state index is 0.132. The molecule has 0 atom stereocenters. The van der Waals surface area contributed by atoms with E-state index in [-0.39, 0.29) is 23.9 Å². The van der Waals surface area contributed by atoms with E-state index in [1.54, 1.807) is 31.2 Å². The number of methoxy groups -OCH3 is 1. The lowest BCUT2D eigenvalue weighted by Gasteiger charge is -2.13. The molecule has 7 nitrogen and oxygen atoms in total. The van der Waals surface area contributed by atoms with E-state index < -0.39 is 23.7 Å². The van der Waals surface area contributed by atoms with Crippen LogP contribution in [0.4, 0.5) is 9.18 Å². The number of hydrogen-bond donors (Lipinski definition) is 0. The van der Waals surface area contributed by atoms with E-state index in [1.807, 2.05) is 0 Å². The van der Waals surface area contributed by atoms with Gasteiger partial charge in [-0.3, -0.25) is 19.3 Å². The topological polar surface area (TPSA) is 82.1 Å². The Kier molecular flexibility index (Phi) is 7.92. The summed E-state index contributed by atoms with van der Waals surface area (Å²) in [6.45, 7) is 1.49. The smallest absolute Gasteiger partial charge is 0.326 e. The molecular weight excluding hydrogens is 505 g/mol. The number of imide groups is 1. The van der Waals surface area contributed by atoms with Crippen LogP contribution >= 0.6 is 27.7 Å². The maximum Gasteiger partial charge on any atom is 0.326 e. The number of benzene rings is 2. The Balaban J connectivity index is 1.79. The van der Waals surface area contributed by atoms with Crippen molar-refractivity contribution in [2.24, 2.45) is 0 Å². The molecule has 1 aliphatic heterocycles. The number of ether oxygens (including phenoxy) is 3. The molecule has 32 heavy (non-hydrogen) atoms. The third kappa shape index (κ3) is 5.68. The number of hydrogen-bond acceptors (Lipinski definition) is 7. The van der Waals surface area contributed by atoms with E-state index in [9.17, 15) is 18.8 Å². The summed E-state index contributed by atoms with van der Waals surface area (Å²) in [4.78, 5) is 37.4. The summed E-state index contributed by atoms with van der Waals surface area (Å²) in [5, 5.41) is -0.549. The van der Waals surface area contributed by atoms with Gasteiger partial charge in [-0.15, -0.1) is 0 Å². The third-order valence-electron chi connectivity index (χ3n) is 4.32. The number of nitrogens with zero attached hydrogens (tertiary/aromatic N) is 1. The van der Waals surface area contributed by atoms with Crippen LogP contribution in [0.5, 0.6) is 11.5 Å². The third-order valence-corrected chi connectivity index (χ3v) is 5.91. The van der Waals surface area contributed by atoms with E-state index in [0.717, 1.165) is 16.7 Å². The zero-order chi connectivity index (χ0) is 23.3. The highest BCUT2D eigenvalue weighted by Crippen LogP contribution is 2.38. The minimum atomic E-state index is -0.654. The van der Waals surface area contributed by atoms with Crippen molar-refractivity contribution in [3.8, 4) is 11.5 Å². The van der Waals surface area contributed by atoms with Crippen molar-refractivity contribution in [2.45, 2.75) is 13.5 Å². The molecule has 10 heteroatoms. The van der Waals surface area contributed by atoms with Crippen molar-refractivity contribution < 1.29 is 33.0 Å². The van der Waals surface area contributed by atoms with Crippen LogP contribution in [-0.2, 0) is 20.9 Å². The number of esters is 1. The number of thioether (sulfide) groups is 1. The molecular formula is C22H19BrFNO6S. The summed E-state index contributed by atoms with van der Waals surface area (Å²) < 4.78 is 29.9. The first-order chi connectivity index (χ1) is 15.3. The average Bonchev–Trinajstić information content (AvgIpc) is 3.01. The highest BCUT2D eigenvalue weighted by molar-refractivity contribution is 9.10. The fourth-order valence-corrected chi connectivity index (χ4v) is 4.10. The molecule has 168 valence electrons. The van der Waals surface area contributed by atoms with Crippen molar-refractivity contribution in [3.05, 3.63) is 62.7 Å². The average molecular weight is 524 g/mol. The van der Waals surface area contributed by atoms with Crippen molar-refractivity contribution in [3.63, 3.8) is 0 Å². The van der Waals surface area contributed by atoms with Crippen molar-refractivity contribution in [1.82, 2.24) is 4.90 Å². The maximum atomic E-state index is 13.4. The maximum absolute atomic E-state index is 13.4. The van der Waals surface area contributed by atoms with Gasteiger partial charge in [0, 0.05) is 4.47 Å². The van der Waals surface area contributed by atoms with Crippen LogP contribution in [0.3, 0.4) is 0 Å². The molecule has 0 aliphatic carbocycles. The van der Waals surface area contributed by atoms with Crippen molar-refractivity contribution in [1.29, 1.82) is 0 Å². The summed E-state index contributed by atoms with van der Waals surface area (Å²) in [5.74, 6) is -0.784. The van der Waals surface area contributed by atoms with E-state index in [0.29, 0.717) is 27.1 Å².